The molecule has 29 nitrogen and oxygen atoms in total. The van der Waals surface area contributed by atoms with E-state index in [4.69, 9.17) is 39.3 Å². The number of hydrogen-bond acceptors (Lipinski definition) is 19. The van der Waals surface area contributed by atoms with Gasteiger partial charge in [-0.05, 0) is 130 Å². The van der Waals surface area contributed by atoms with Crippen molar-refractivity contribution in [2.75, 3.05) is 58.5 Å². The summed E-state index contributed by atoms with van der Waals surface area (Å²) in [6.45, 7) is 18.1. The topological polar surface area (TPSA) is 361 Å². The van der Waals surface area contributed by atoms with Crippen molar-refractivity contribution >= 4 is 61.1 Å². The molecule has 99 heavy (non-hydrogen) atoms. The molecule has 9 rings (SSSR count). The molecule has 3 aliphatic rings. The lowest BCUT2D eigenvalue weighted by Gasteiger charge is -2.39. The second kappa shape index (κ2) is 33.9. The Balaban J connectivity index is 0.639. The van der Waals surface area contributed by atoms with Crippen molar-refractivity contribution in [3.05, 3.63) is 114 Å². The monoisotopic (exact) mass is 1380 g/mol. The van der Waals surface area contributed by atoms with Crippen LogP contribution in [0.2, 0.25) is 25.7 Å². The average Bonchev–Trinajstić information content (AvgIpc) is 1.65. The predicted octanol–water partition coefficient (Wildman–Crippen LogP) is 5.73. The standard InChI is InChI=1S/C69H93N15O14Si/c1-43-61(44(2)84(79-43)42-94-30-31-99(7,8)9)45-18-21-49(22-19-45)74-67(91)63(62(46-14-15-46)47-16-17-47)77-66(90)56-25-28-73-83(56)29-11-27-71-57(85)37-82-34-50(78-80-82)38-95-41-60(87)81-35-53(36-81)96-39-55(64(70)88)75-58(86)40-97-51-12-10-13-52(32-51)98-59-23-20-48(33-72-59)65(89)76-54(68(92)93-6)24-26-69(3,4)5/h10,12-13,18-23,25,28,32-34,46-47,53-55,62-63H,11,14-17,24,26-27,29-31,35-42H2,1-9H3,(H2,70,88)(H,71,85)(H,74,91)(H,75,86)(H,76,89)(H,77,90)/t54-,55?,63-/m0/s1. The first-order valence-corrected chi connectivity index (χ1v) is 37.3. The van der Waals surface area contributed by atoms with Gasteiger partial charge in [-0.1, -0.05) is 63.8 Å². The second-order valence-corrected chi connectivity index (χ2v) is 33.5. The predicted molar refractivity (Wildman–Crippen MR) is 365 cm³/mol. The third kappa shape index (κ3) is 22.3. The summed E-state index contributed by atoms with van der Waals surface area (Å²) in [6.07, 6.45) is 9.59. The quantitative estimate of drug-likeness (QED) is 0.0153. The van der Waals surface area contributed by atoms with E-state index in [0.717, 1.165) is 54.2 Å². The van der Waals surface area contributed by atoms with Crippen LogP contribution in [0, 0.1) is 37.0 Å². The van der Waals surface area contributed by atoms with Crippen LogP contribution in [0.25, 0.3) is 11.1 Å². The van der Waals surface area contributed by atoms with Crippen LogP contribution >= 0.6 is 0 Å². The minimum absolute atomic E-state index is 0.0140. The molecule has 5 heterocycles. The highest BCUT2D eigenvalue weighted by Gasteiger charge is 2.48. The lowest BCUT2D eigenvalue weighted by atomic mass is 9.88. The fourth-order valence-corrected chi connectivity index (χ4v) is 12.2. The first-order chi connectivity index (χ1) is 47.3. The maximum absolute atomic E-state index is 14.3. The molecule has 7 amide bonds. The van der Waals surface area contributed by atoms with Crippen molar-refractivity contribution in [2.45, 2.75) is 156 Å². The molecule has 532 valence electrons. The number of amides is 7. The smallest absolute Gasteiger partial charge is 0.328 e. The van der Waals surface area contributed by atoms with Crippen LogP contribution in [0.1, 0.15) is 104 Å². The van der Waals surface area contributed by atoms with Crippen LogP contribution in [0.3, 0.4) is 0 Å². The molecular weight excluding hydrogens is 1290 g/mol. The van der Waals surface area contributed by atoms with Crippen molar-refractivity contribution in [3.8, 4) is 28.5 Å². The summed E-state index contributed by atoms with van der Waals surface area (Å²) in [4.78, 5) is 110. The van der Waals surface area contributed by atoms with E-state index in [0.29, 0.717) is 73.8 Å². The minimum atomic E-state index is -1.22. The van der Waals surface area contributed by atoms with Gasteiger partial charge < -0.3 is 65.6 Å². The van der Waals surface area contributed by atoms with Crippen molar-refractivity contribution < 1.29 is 66.8 Å². The highest BCUT2D eigenvalue weighted by Crippen LogP contribution is 2.51. The van der Waals surface area contributed by atoms with E-state index in [9.17, 15) is 38.4 Å². The fraction of sp³-hybridized carbons (Fsp3) is 0.522. The number of rotatable bonds is 38. The molecule has 0 radical (unpaired) electrons. The van der Waals surface area contributed by atoms with Crippen LogP contribution < -0.4 is 41.8 Å². The molecule has 2 saturated carbocycles. The fourth-order valence-electron chi connectivity index (χ4n) is 11.4. The van der Waals surface area contributed by atoms with Gasteiger partial charge in [0.15, 0.2) is 6.61 Å². The Bertz CT molecular complexity index is 3760. The number of benzene rings is 2. The van der Waals surface area contributed by atoms with Gasteiger partial charge in [0.25, 0.3) is 17.7 Å². The van der Waals surface area contributed by atoms with E-state index in [-0.39, 0.29) is 92.2 Å². The number of carbonyl (C=O) groups is 8. The zero-order valence-electron chi connectivity index (χ0n) is 57.9. The molecule has 4 aromatic heterocycles. The lowest BCUT2D eigenvalue weighted by molar-refractivity contribution is -0.151. The number of methoxy groups -OCH3 is 1. The van der Waals surface area contributed by atoms with Gasteiger partial charge in [-0.15, -0.1) is 5.10 Å². The second-order valence-electron chi connectivity index (χ2n) is 27.9. The van der Waals surface area contributed by atoms with Gasteiger partial charge in [-0.2, -0.15) is 10.2 Å². The van der Waals surface area contributed by atoms with Crippen LogP contribution in [0.15, 0.2) is 85.3 Å². The minimum Gasteiger partial charge on any atom is -0.484 e. The number of pyridine rings is 1. The number of nitrogens with zero attached hydrogens (tertiary/aromatic N) is 9. The van der Waals surface area contributed by atoms with Crippen molar-refractivity contribution in [2.24, 2.45) is 28.9 Å². The Morgan fingerprint density at radius 1 is 0.818 bits per heavy atom. The molecule has 0 bridgehead atoms. The van der Waals surface area contributed by atoms with E-state index in [1.807, 2.05) is 63.6 Å². The van der Waals surface area contributed by atoms with Gasteiger partial charge >= 0.3 is 5.97 Å². The number of anilines is 1. The third-order valence-electron chi connectivity index (χ3n) is 17.3. The highest BCUT2D eigenvalue weighted by atomic mass is 28.3. The van der Waals surface area contributed by atoms with Crippen molar-refractivity contribution in [1.29, 1.82) is 0 Å². The number of likely N-dealkylation sites (tertiary alicyclic amines) is 1. The summed E-state index contributed by atoms with van der Waals surface area (Å²) < 4.78 is 38.6. The summed E-state index contributed by atoms with van der Waals surface area (Å²) in [5, 5.41) is 31.6. The molecule has 30 heteroatoms. The third-order valence-corrected chi connectivity index (χ3v) is 19.0. The average molecular weight is 1380 g/mol. The number of hydrogen-bond donors (Lipinski definition) is 6. The molecule has 1 saturated heterocycles. The Hall–Kier alpha value is -9.39. The number of aryl methyl sites for hydroxylation is 2. The van der Waals surface area contributed by atoms with E-state index >= 15 is 0 Å². The van der Waals surface area contributed by atoms with Crippen molar-refractivity contribution in [3.63, 3.8) is 0 Å². The summed E-state index contributed by atoms with van der Waals surface area (Å²) in [5.41, 5.74) is 11.0. The largest absolute Gasteiger partial charge is 0.484 e. The Morgan fingerprint density at radius 2 is 1.56 bits per heavy atom. The zero-order valence-corrected chi connectivity index (χ0v) is 58.9. The normalized spacial score (nSPS) is 14.9. The zero-order chi connectivity index (χ0) is 71.0. The van der Waals surface area contributed by atoms with Crippen molar-refractivity contribution in [1.82, 2.24) is 65.7 Å². The van der Waals surface area contributed by atoms with Gasteiger partial charge in [-0.3, -0.25) is 38.2 Å². The summed E-state index contributed by atoms with van der Waals surface area (Å²) in [6, 6.07) is 17.1. The lowest BCUT2D eigenvalue weighted by Crippen LogP contribution is -2.57. The first-order valence-electron chi connectivity index (χ1n) is 33.6. The molecule has 7 N–H and O–H groups in total. The maximum atomic E-state index is 14.3. The summed E-state index contributed by atoms with van der Waals surface area (Å²) >= 11 is 0. The van der Waals surface area contributed by atoms with Crippen LogP contribution in [0.4, 0.5) is 5.69 Å². The molecule has 6 aromatic rings. The Morgan fingerprint density at radius 3 is 2.23 bits per heavy atom. The SMILES string of the molecule is COC(=O)[C@H](CCC(C)(C)C)NC(=O)c1ccc(Oc2cccc(OCC(=O)NC(COC3CN(C(=O)COCc4cn(CC(=O)NCCCn5nccc5C(=O)N[C@H](C(=O)Nc5ccc(-c6c(C)nn(COCC[Si](C)(C)C)c6C)cc5)C(C5CC5)C5CC5)nn4)C3)C(N)=O)c2)nc1. The number of primary amides is 1. The van der Waals surface area contributed by atoms with E-state index in [1.165, 1.54) is 41.1 Å². The Kier molecular flexibility index (Phi) is 25.3. The first kappa shape index (κ1) is 73.8. The number of nitrogens with one attached hydrogen (secondary N) is 5. The van der Waals surface area contributed by atoms with Crippen LogP contribution in [-0.4, -0.2) is 177 Å². The number of nitrogens with two attached hydrogens (primary N) is 1. The van der Waals surface area contributed by atoms with Gasteiger partial charge in [0.05, 0.1) is 43.9 Å². The maximum Gasteiger partial charge on any atom is 0.328 e. The molecular formula is C69H93N15O14Si. The van der Waals surface area contributed by atoms with E-state index < -0.39 is 68.5 Å². The number of aromatic nitrogens is 8. The summed E-state index contributed by atoms with van der Waals surface area (Å²) in [7, 11) is 0.0541. The molecule has 3 fully saturated rings. The van der Waals surface area contributed by atoms with E-state index in [2.05, 4.69) is 66.6 Å². The van der Waals surface area contributed by atoms with Gasteiger partial charge in [0, 0.05) is 82.3 Å². The van der Waals surface area contributed by atoms with Gasteiger partial charge in [-0.25, -0.2) is 19.1 Å². The van der Waals surface area contributed by atoms with Crippen LogP contribution in [0.5, 0.6) is 17.4 Å². The number of ether oxygens (including phenoxy) is 6. The highest BCUT2D eigenvalue weighted by molar-refractivity contribution is 6.76. The van der Waals surface area contributed by atoms with Gasteiger partial charge in [0.2, 0.25) is 29.5 Å². The number of esters is 1. The molecule has 0 spiro atoms. The molecule has 1 aliphatic heterocycles. The van der Waals surface area contributed by atoms with Crippen LogP contribution in [-0.2, 0) is 74.1 Å². The number of carbonyl (C=O) groups excluding carboxylic acids is 8. The molecule has 3 atom stereocenters. The molecule has 2 aromatic carbocycles. The molecule has 2 aliphatic carbocycles. The molecule has 1 unspecified atom stereocenters. The Labute approximate surface area is 576 Å². The summed E-state index contributed by atoms with van der Waals surface area (Å²) in [5.74, 6) is -2.35. The van der Waals surface area contributed by atoms with Gasteiger partial charge in [0.1, 0.15) is 60.9 Å². The van der Waals surface area contributed by atoms with E-state index in [1.54, 1.807) is 41.3 Å².